The van der Waals surface area contributed by atoms with Crippen LogP contribution < -0.4 is 5.32 Å². The molecular formula is C16H18N4O. The number of fused-ring (bicyclic) bond motifs is 1. The molecule has 2 aromatic rings. The summed E-state index contributed by atoms with van der Waals surface area (Å²) in [5.74, 6) is 2.07. The number of aryl methyl sites for hydroxylation is 4. The Labute approximate surface area is 124 Å². The minimum Gasteiger partial charge on any atom is -0.444 e. The molecule has 1 aliphatic rings. The smallest absolute Gasteiger partial charge is 0.213 e. The standard InChI is InChI=1S/C16H18N4O/c1-10-11(2)21-15(19-10)9-18-16-13(8-17)7-12-5-3-4-6-14(12)20-16/h7H,3-6,9H2,1-2H3,(H,18,20). The fraction of sp³-hybridized carbons (Fsp3) is 0.438. The Morgan fingerprint density at radius 2 is 2.10 bits per heavy atom. The van der Waals surface area contributed by atoms with Gasteiger partial charge in [0, 0.05) is 5.69 Å². The van der Waals surface area contributed by atoms with E-state index in [-0.39, 0.29) is 0 Å². The van der Waals surface area contributed by atoms with Crippen molar-refractivity contribution in [3.8, 4) is 6.07 Å². The van der Waals surface area contributed by atoms with E-state index in [1.165, 1.54) is 18.4 Å². The van der Waals surface area contributed by atoms with Gasteiger partial charge < -0.3 is 9.73 Å². The highest BCUT2D eigenvalue weighted by Gasteiger charge is 2.15. The summed E-state index contributed by atoms with van der Waals surface area (Å²) in [6.07, 6.45) is 4.37. The second-order valence-corrected chi connectivity index (χ2v) is 5.41. The second kappa shape index (κ2) is 5.57. The highest BCUT2D eigenvalue weighted by molar-refractivity contribution is 5.54. The molecule has 0 saturated heterocycles. The summed E-state index contributed by atoms with van der Waals surface area (Å²) in [6, 6.07) is 4.19. The van der Waals surface area contributed by atoms with Gasteiger partial charge in [0.05, 0.1) is 17.8 Å². The van der Waals surface area contributed by atoms with Crippen molar-refractivity contribution in [2.75, 3.05) is 5.32 Å². The molecule has 1 N–H and O–H groups in total. The van der Waals surface area contributed by atoms with Crippen LogP contribution in [-0.4, -0.2) is 9.97 Å². The van der Waals surface area contributed by atoms with Gasteiger partial charge in [-0.05, 0) is 51.2 Å². The van der Waals surface area contributed by atoms with Crippen LogP contribution >= 0.6 is 0 Å². The van der Waals surface area contributed by atoms with Crippen molar-refractivity contribution in [3.63, 3.8) is 0 Å². The Morgan fingerprint density at radius 3 is 2.81 bits per heavy atom. The molecule has 108 valence electrons. The summed E-state index contributed by atoms with van der Waals surface area (Å²) < 4.78 is 5.54. The van der Waals surface area contributed by atoms with Gasteiger partial charge in [-0.25, -0.2) is 9.97 Å². The topological polar surface area (TPSA) is 74.7 Å². The van der Waals surface area contributed by atoms with E-state index >= 15 is 0 Å². The quantitative estimate of drug-likeness (QED) is 0.936. The number of oxazole rings is 1. The van der Waals surface area contributed by atoms with E-state index in [2.05, 4.69) is 21.4 Å². The molecule has 2 heterocycles. The molecule has 0 bridgehead atoms. The zero-order valence-corrected chi connectivity index (χ0v) is 12.4. The van der Waals surface area contributed by atoms with Crippen molar-refractivity contribution >= 4 is 5.82 Å². The van der Waals surface area contributed by atoms with Gasteiger partial charge in [0.1, 0.15) is 17.6 Å². The lowest BCUT2D eigenvalue weighted by Crippen LogP contribution is -2.11. The number of aromatic nitrogens is 2. The fourth-order valence-corrected chi connectivity index (χ4v) is 2.63. The third-order valence-corrected chi connectivity index (χ3v) is 3.90. The number of hydrogen-bond acceptors (Lipinski definition) is 5. The molecule has 0 unspecified atom stereocenters. The predicted octanol–water partition coefficient (Wildman–Crippen LogP) is 3.05. The molecule has 3 rings (SSSR count). The first-order valence-corrected chi connectivity index (χ1v) is 7.27. The number of anilines is 1. The van der Waals surface area contributed by atoms with Gasteiger partial charge >= 0.3 is 0 Å². The van der Waals surface area contributed by atoms with Crippen LogP contribution in [0, 0.1) is 25.2 Å². The molecule has 0 fully saturated rings. The maximum atomic E-state index is 9.30. The molecule has 5 nitrogen and oxygen atoms in total. The zero-order chi connectivity index (χ0) is 14.8. The van der Waals surface area contributed by atoms with Gasteiger partial charge in [-0.3, -0.25) is 0 Å². The maximum absolute atomic E-state index is 9.30. The van der Waals surface area contributed by atoms with Crippen LogP contribution in [0.25, 0.3) is 0 Å². The average molecular weight is 282 g/mol. The fourth-order valence-electron chi connectivity index (χ4n) is 2.63. The average Bonchev–Trinajstić information content (AvgIpc) is 2.82. The van der Waals surface area contributed by atoms with Crippen molar-refractivity contribution in [1.82, 2.24) is 9.97 Å². The number of rotatable bonds is 3. The van der Waals surface area contributed by atoms with Crippen molar-refractivity contribution in [2.24, 2.45) is 0 Å². The summed E-state index contributed by atoms with van der Waals surface area (Å²) >= 11 is 0. The van der Waals surface area contributed by atoms with Gasteiger partial charge in [-0.15, -0.1) is 0 Å². The van der Waals surface area contributed by atoms with E-state index in [1.54, 1.807) is 0 Å². The van der Waals surface area contributed by atoms with Crippen molar-refractivity contribution in [3.05, 3.63) is 40.2 Å². The summed E-state index contributed by atoms with van der Waals surface area (Å²) in [7, 11) is 0. The van der Waals surface area contributed by atoms with Crippen LogP contribution in [0.2, 0.25) is 0 Å². The Kier molecular flexibility index (Phi) is 3.61. The van der Waals surface area contributed by atoms with Crippen molar-refractivity contribution in [2.45, 2.75) is 46.1 Å². The van der Waals surface area contributed by atoms with E-state index in [0.717, 1.165) is 30.0 Å². The van der Waals surface area contributed by atoms with Crippen LogP contribution in [0.15, 0.2) is 10.5 Å². The molecule has 0 spiro atoms. The third kappa shape index (κ3) is 2.75. The van der Waals surface area contributed by atoms with Gasteiger partial charge in [0.15, 0.2) is 0 Å². The van der Waals surface area contributed by atoms with E-state index in [0.29, 0.717) is 23.8 Å². The third-order valence-electron chi connectivity index (χ3n) is 3.90. The van der Waals surface area contributed by atoms with Gasteiger partial charge in [0.25, 0.3) is 0 Å². The minimum atomic E-state index is 0.440. The largest absolute Gasteiger partial charge is 0.444 e. The molecule has 0 radical (unpaired) electrons. The normalized spacial score (nSPS) is 13.6. The number of nitrogens with one attached hydrogen (secondary N) is 1. The monoisotopic (exact) mass is 282 g/mol. The predicted molar refractivity (Wildman–Crippen MR) is 78.9 cm³/mol. The number of nitrogens with zero attached hydrogens (tertiary/aromatic N) is 3. The molecular weight excluding hydrogens is 264 g/mol. The first-order chi connectivity index (χ1) is 10.2. The first kappa shape index (κ1) is 13.6. The Hall–Kier alpha value is -2.35. The van der Waals surface area contributed by atoms with Crippen LogP contribution in [0.4, 0.5) is 5.82 Å². The van der Waals surface area contributed by atoms with Gasteiger partial charge in [0.2, 0.25) is 5.89 Å². The summed E-state index contributed by atoms with van der Waals surface area (Å²) in [4.78, 5) is 8.95. The maximum Gasteiger partial charge on any atom is 0.213 e. The molecule has 0 aliphatic heterocycles. The Bertz CT molecular complexity index is 692. The summed E-state index contributed by atoms with van der Waals surface area (Å²) in [5, 5.41) is 12.5. The number of pyridine rings is 1. The molecule has 0 saturated carbocycles. The van der Waals surface area contributed by atoms with Gasteiger partial charge in [-0.1, -0.05) is 0 Å². The highest BCUT2D eigenvalue weighted by atomic mass is 16.4. The Balaban J connectivity index is 1.82. The van der Waals surface area contributed by atoms with Crippen molar-refractivity contribution < 1.29 is 4.42 Å². The van der Waals surface area contributed by atoms with Crippen LogP contribution in [-0.2, 0) is 19.4 Å². The number of nitriles is 1. The second-order valence-electron chi connectivity index (χ2n) is 5.41. The van der Waals surface area contributed by atoms with Crippen molar-refractivity contribution in [1.29, 1.82) is 5.26 Å². The van der Waals surface area contributed by atoms with Crippen LogP contribution in [0.3, 0.4) is 0 Å². The van der Waals surface area contributed by atoms with Crippen LogP contribution in [0.1, 0.15) is 47.0 Å². The lowest BCUT2D eigenvalue weighted by molar-refractivity contribution is 0.478. The lowest BCUT2D eigenvalue weighted by atomic mass is 9.95. The molecule has 1 aliphatic carbocycles. The SMILES string of the molecule is Cc1nc(CNc2nc3c(cc2C#N)CCCC3)oc1C. The highest BCUT2D eigenvalue weighted by Crippen LogP contribution is 2.24. The molecule has 21 heavy (non-hydrogen) atoms. The molecule has 0 atom stereocenters. The minimum absolute atomic E-state index is 0.440. The lowest BCUT2D eigenvalue weighted by Gasteiger charge is -2.17. The van der Waals surface area contributed by atoms with E-state index in [9.17, 15) is 5.26 Å². The van der Waals surface area contributed by atoms with Crippen LogP contribution in [0.5, 0.6) is 0 Å². The molecule has 0 amide bonds. The summed E-state index contributed by atoms with van der Waals surface area (Å²) in [6.45, 7) is 4.25. The molecule has 0 aromatic carbocycles. The van der Waals surface area contributed by atoms with Gasteiger partial charge in [-0.2, -0.15) is 5.26 Å². The Morgan fingerprint density at radius 1 is 1.29 bits per heavy atom. The number of hydrogen-bond donors (Lipinski definition) is 1. The molecule has 2 aromatic heterocycles. The van der Waals surface area contributed by atoms with E-state index < -0.39 is 0 Å². The summed E-state index contributed by atoms with van der Waals surface area (Å²) in [5.41, 5.74) is 3.81. The molecule has 5 heteroatoms. The van der Waals surface area contributed by atoms with E-state index in [1.807, 2.05) is 19.9 Å². The zero-order valence-electron chi connectivity index (χ0n) is 12.4. The van der Waals surface area contributed by atoms with E-state index in [4.69, 9.17) is 4.42 Å². The first-order valence-electron chi connectivity index (χ1n) is 7.27.